The molecular weight excluding hydrogens is 222 g/mol. The lowest BCUT2D eigenvalue weighted by atomic mass is 9.86. The smallest absolute Gasteiger partial charge is 0.0587 e. The Balaban J connectivity index is 2.51. The van der Waals surface area contributed by atoms with Crippen LogP contribution in [0.2, 0.25) is 0 Å². The zero-order valence-corrected chi connectivity index (χ0v) is 12.4. The van der Waals surface area contributed by atoms with Gasteiger partial charge in [0.1, 0.15) is 0 Å². The maximum Gasteiger partial charge on any atom is 0.0587 e. The Hall–Kier alpha value is -0.860. The Bertz CT molecular complexity index is 337. The molecule has 0 aliphatic carbocycles. The van der Waals surface area contributed by atoms with Crippen LogP contribution in [0.5, 0.6) is 0 Å². The van der Waals surface area contributed by atoms with Gasteiger partial charge in [-0.3, -0.25) is 0 Å². The highest BCUT2D eigenvalue weighted by Crippen LogP contribution is 2.24. The van der Waals surface area contributed by atoms with Crippen LogP contribution >= 0.6 is 0 Å². The predicted octanol–water partition coefficient (Wildman–Crippen LogP) is 3.32. The van der Waals surface area contributed by atoms with Crippen molar-refractivity contribution in [1.82, 2.24) is 5.32 Å². The summed E-state index contributed by atoms with van der Waals surface area (Å²) in [5, 5.41) is 3.40. The molecule has 1 aromatic carbocycles. The van der Waals surface area contributed by atoms with Crippen LogP contribution in [0, 0.1) is 0 Å². The molecular formula is C16H27NO. The van der Waals surface area contributed by atoms with Crippen LogP contribution in [0.15, 0.2) is 24.3 Å². The minimum absolute atomic E-state index is 0.235. The number of hydrogen-bond acceptors (Lipinski definition) is 2. The summed E-state index contributed by atoms with van der Waals surface area (Å²) in [6.07, 6.45) is 0. The van der Waals surface area contributed by atoms with E-state index in [1.165, 1.54) is 11.1 Å². The topological polar surface area (TPSA) is 21.3 Å². The Kier molecular flexibility index (Phi) is 5.83. The Morgan fingerprint density at radius 3 is 2.28 bits per heavy atom. The van der Waals surface area contributed by atoms with E-state index in [1.807, 2.05) is 0 Å². The lowest BCUT2D eigenvalue weighted by Gasteiger charge is -2.20. The van der Waals surface area contributed by atoms with Gasteiger partial charge in [-0.2, -0.15) is 0 Å². The number of nitrogens with one attached hydrogen (secondary N) is 1. The summed E-state index contributed by atoms with van der Waals surface area (Å²) in [5.41, 5.74) is 3.03. The molecule has 0 fully saturated rings. The fraction of sp³-hybridized carbons (Fsp3) is 0.625. The van der Waals surface area contributed by atoms with Gasteiger partial charge in [0.15, 0.2) is 0 Å². The van der Waals surface area contributed by atoms with Crippen molar-refractivity contribution in [3.8, 4) is 0 Å². The zero-order chi connectivity index (χ0) is 13.6. The SMILES string of the molecule is COCCNCC(C)c1ccc(C(C)(C)C)cc1. The van der Waals surface area contributed by atoms with E-state index in [-0.39, 0.29) is 5.41 Å². The number of ether oxygens (including phenoxy) is 1. The van der Waals surface area contributed by atoms with Gasteiger partial charge in [0.2, 0.25) is 0 Å². The van der Waals surface area contributed by atoms with Crippen LogP contribution in [0.4, 0.5) is 0 Å². The first-order chi connectivity index (χ1) is 8.45. The molecule has 1 aromatic rings. The van der Waals surface area contributed by atoms with Crippen LogP contribution in [0.3, 0.4) is 0 Å². The van der Waals surface area contributed by atoms with E-state index in [4.69, 9.17) is 4.74 Å². The van der Waals surface area contributed by atoms with Crippen molar-refractivity contribution in [2.45, 2.75) is 39.0 Å². The molecule has 1 N–H and O–H groups in total. The van der Waals surface area contributed by atoms with E-state index in [0.29, 0.717) is 5.92 Å². The first-order valence-electron chi connectivity index (χ1n) is 6.75. The second kappa shape index (κ2) is 6.91. The second-order valence-electron chi connectivity index (χ2n) is 5.97. The van der Waals surface area contributed by atoms with Crippen LogP contribution in [0.25, 0.3) is 0 Å². The summed E-state index contributed by atoms with van der Waals surface area (Å²) in [6.45, 7) is 11.7. The molecule has 2 heteroatoms. The lowest BCUT2D eigenvalue weighted by Crippen LogP contribution is -2.24. The van der Waals surface area contributed by atoms with Gasteiger partial charge >= 0.3 is 0 Å². The van der Waals surface area contributed by atoms with E-state index in [1.54, 1.807) is 7.11 Å². The summed E-state index contributed by atoms with van der Waals surface area (Å²) >= 11 is 0. The minimum Gasteiger partial charge on any atom is -0.383 e. The molecule has 2 nitrogen and oxygen atoms in total. The molecule has 102 valence electrons. The van der Waals surface area contributed by atoms with Crippen molar-refractivity contribution in [3.63, 3.8) is 0 Å². The zero-order valence-electron chi connectivity index (χ0n) is 12.4. The molecule has 0 amide bonds. The van der Waals surface area contributed by atoms with E-state index >= 15 is 0 Å². The van der Waals surface area contributed by atoms with Gasteiger partial charge in [0, 0.05) is 20.2 Å². The molecule has 0 radical (unpaired) electrons. The van der Waals surface area contributed by atoms with Crippen molar-refractivity contribution < 1.29 is 4.74 Å². The van der Waals surface area contributed by atoms with Crippen molar-refractivity contribution in [2.75, 3.05) is 26.8 Å². The van der Waals surface area contributed by atoms with Gasteiger partial charge in [-0.25, -0.2) is 0 Å². The molecule has 0 aromatic heterocycles. The van der Waals surface area contributed by atoms with Crippen molar-refractivity contribution in [3.05, 3.63) is 35.4 Å². The molecule has 0 saturated carbocycles. The second-order valence-corrected chi connectivity index (χ2v) is 5.97. The number of hydrogen-bond donors (Lipinski definition) is 1. The van der Waals surface area contributed by atoms with Gasteiger partial charge in [0.05, 0.1) is 6.61 Å². The van der Waals surface area contributed by atoms with Gasteiger partial charge in [-0.1, -0.05) is 52.0 Å². The maximum absolute atomic E-state index is 5.02. The largest absolute Gasteiger partial charge is 0.383 e. The summed E-state index contributed by atoms with van der Waals surface area (Å²) in [6, 6.07) is 9.01. The number of methoxy groups -OCH3 is 1. The normalized spacial score (nSPS) is 13.6. The Labute approximate surface area is 112 Å². The van der Waals surface area contributed by atoms with Crippen molar-refractivity contribution in [1.29, 1.82) is 0 Å². The summed E-state index contributed by atoms with van der Waals surface area (Å²) in [7, 11) is 1.73. The molecule has 0 saturated heterocycles. The lowest BCUT2D eigenvalue weighted by molar-refractivity contribution is 0.199. The molecule has 1 rings (SSSR count). The highest BCUT2D eigenvalue weighted by Gasteiger charge is 2.13. The van der Waals surface area contributed by atoms with Gasteiger partial charge in [0.25, 0.3) is 0 Å². The fourth-order valence-corrected chi connectivity index (χ4v) is 1.92. The van der Waals surface area contributed by atoms with Crippen LogP contribution < -0.4 is 5.32 Å². The van der Waals surface area contributed by atoms with Crippen LogP contribution in [0.1, 0.15) is 44.7 Å². The predicted molar refractivity (Wildman–Crippen MR) is 78.3 cm³/mol. The molecule has 18 heavy (non-hydrogen) atoms. The van der Waals surface area contributed by atoms with Crippen LogP contribution in [-0.2, 0) is 10.2 Å². The fourth-order valence-electron chi connectivity index (χ4n) is 1.92. The highest BCUT2D eigenvalue weighted by atomic mass is 16.5. The first kappa shape index (κ1) is 15.2. The van der Waals surface area contributed by atoms with Crippen LogP contribution in [-0.4, -0.2) is 26.8 Å². The molecule has 0 spiro atoms. The molecule has 1 atom stereocenters. The average Bonchev–Trinajstić information content (AvgIpc) is 2.33. The molecule has 0 aliphatic heterocycles. The average molecular weight is 249 g/mol. The third-order valence-corrected chi connectivity index (χ3v) is 3.28. The summed E-state index contributed by atoms with van der Waals surface area (Å²) in [5.74, 6) is 0.538. The molecule has 0 aliphatic rings. The minimum atomic E-state index is 0.235. The summed E-state index contributed by atoms with van der Waals surface area (Å²) < 4.78 is 5.02. The number of benzene rings is 1. The maximum atomic E-state index is 5.02. The van der Waals surface area contributed by atoms with Gasteiger partial charge < -0.3 is 10.1 Å². The Morgan fingerprint density at radius 2 is 1.78 bits per heavy atom. The first-order valence-corrected chi connectivity index (χ1v) is 6.75. The highest BCUT2D eigenvalue weighted by molar-refractivity contribution is 5.29. The van der Waals surface area contributed by atoms with E-state index in [9.17, 15) is 0 Å². The van der Waals surface area contributed by atoms with Crippen molar-refractivity contribution in [2.24, 2.45) is 0 Å². The molecule has 0 bridgehead atoms. The molecule has 1 unspecified atom stereocenters. The third kappa shape index (κ3) is 4.79. The summed E-state index contributed by atoms with van der Waals surface area (Å²) in [4.78, 5) is 0. The van der Waals surface area contributed by atoms with E-state index < -0.39 is 0 Å². The quantitative estimate of drug-likeness (QED) is 0.781. The van der Waals surface area contributed by atoms with Crippen molar-refractivity contribution >= 4 is 0 Å². The van der Waals surface area contributed by atoms with E-state index in [0.717, 1.165) is 19.7 Å². The number of rotatable bonds is 6. The monoisotopic (exact) mass is 249 g/mol. The van der Waals surface area contributed by atoms with Gasteiger partial charge in [-0.05, 0) is 22.5 Å². The van der Waals surface area contributed by atoms with Gasteiger partial charge in [-0.15, -0.1) is 0 Å². The standard InChI is InChI=1S/C16H27NO/c1-13(12-17-10-11-18-5)14-6-8-15(9-7-14)16(2,3)4/h6-9,13,17H,10-12H2,1-5H3. The Morgan fingerprint density at radius 1 is 1.17 bits per heavy atom. The molecule has 0 heterocycles. The van der Waals surface area contributed by atoms with E-state index in [2.05, 4.69) is 57.3 Å². The third-order valence-electron chi connectivity index (χ3n) is 3.28.